The van der Waals surface area contributed by atoms with Gasteiger partial charge in [-0.2, -0.15) is 0 Å². The van der Waals surface area contributed by atoms with Crippen LogP contribution in [0.3, 0.4) is 0 Å². The summed E-state index contributed by atoms with van der Waals surface area (Å²) in [4.78, 5) is 48.7. The van der Waals surface area contributed by atoms with Crippen LogP contribution in [0.1, 0.15) is 105 Å². The second-order valence-electron chi connectivity index (χ2n) is 17.1. The molecule has 0 radical (unpaired) electrons. The van der Waals surface area contributed by atoms with E-state index in [1.54, 1.807) is 84.9 Å². The maximum absolute atomic E-state index is 13.3. The van der Waals surface area contributed by atoms with Crippen LogP contribution in [0, 0.1) is 0 Å². The number of fused-ring (bicyclic) bond motifs is 2. The van der Waals surface area contributed by atoms with Crippen LogP contribution in [0.15, 0.2) is 143 Å². The van der Waals surface area contributed by atoms with E-state index in [1.165, 1.54) is 48.5 Å². The van der Waals surface area contributed by atoms with Crippen molar-refractivity contribution in [3.05, 3.63) is 178 Å². The van der Waals surface area contributed by atoms with Gasteiger partial charge < -0.3 is 38.7 Å². The molecule has 2 N–H and O–H groups in total. The first kappa shape index (κ1) is 58.5. The molecule has 6 aromatic carbocycles. The number of ether oxygens (including phenoxy) is 4. The molecule has 0 saturated carbocycles. The first-order valence-corrected chi connectivity index (χ1v) is 25.0. The number of amides is 2. The molecular weight excluding hydrogens is 1020 g/mol. The van der Waals surface area contributed by atoms with Crippen LogP contribution in [-0.2, 0) is 42.5 Å². The average Bonchev–Trinajstić information content (AvgIpc) is 4.02. The van der Waals surface area contributed by atoms with Gasteiger partial charge in [0.1, 0.15) is 0 Å². The van der Waals surface area contributed by atoms with Crippen molar-refractivity contribution in [2.24, 2.45) is 0 Å². The van der Waals surface area contributed by atoms with Crippen LogP contribution in [0.5, 0.6) is 23.0 Å². The molecule has 2 aliphatic heterocycles. The van der Waals surface area contributed by atoms with Crippen molar-refractivity contribution >= 4 is 43.8 Å². The predicted molar refractivity (Wildman–Crippen MR) is 251 cm³/mol. The van der Waals surface area contributed by atoms with E-state index in [-0.39, 0.29) is 162 Å². The smallest absolute Gasteiger partial charge is 0.545 e. The number of hydrogen-bond acceptors (Lipinski definition) is 14. The largest absolute Gasteiger partial charge is 1.00 e. The third-order valence-electron chi connectivity index (χ3n) is 11.7. The standard InChI is InChI=1S/2C26H25NO7S.2K/c2*1-16(2)18-7-10-21(11-8-18)35(31,32)27-25(28)22(13-17-3-5-19(6-4-17)26(29)30)20-9-12-23-24(14-20)34-15-33-23;;/h2*3-12,14,16,22H,13,15H2,1-2H3,(H,27,28)(H,29,30);;/q;;2*+1/p-2. The zero-order chi connectivity index (χ0) is 50.3. The van der Waals surface area contributed by atoms with Crippen molar-refractivity contribution in [1.82, 2.24) is 9.44 Å². The van der Waals surface area contributed by atoms with Crippen molar-refractivity contribution in [2.45, 2.75) is 74.0 Å². The van der Waals surface area contributed by atoms with Crippen LogP contribution in [-0.4, -0.2) is 54.2 Å². The van der Waals surface area contributed by atoms with Gasteiger partial charge in [-0.15, -0.1) is 0 Å². The first-order valence-electron chi connectivity index (χ1n) is 22.0. The molecule has 0 fully saturated rings. The molecule has 8 rings (SSSR count). The molecule has 2 atom stereocenters. The molecule has 0 aliphatic carbocycles. The molecule has 0 aromatic heterocycles. The molecule has 2 aliphatic rings. The second kappa shape index (κ2) is 25.7. The van der Waals surface area contributed by atoms with Crippen molar-refractivity contribution in [3.8, 4) is 23.0 Å². The zero-order valence-corrected chi connectivity index (χ0v) is 48.3. The van der Waals surface area contributed by atoms with Crippen LogP contribution < -0.4 is 141 Å². The van der Waals surface area contributed by atoms with Gasteiger partial charge in [-0.1, -0.05) is 113 Å². The molecule has 2 unspecified atom stereocenters. The number of benzene rings is 6. The molecule has 72 heavy (non-hydrogen) atoms. The third-order valence-corrected chi connectivity index (χ3v) is 14.4. The van der Waals surface area contributed by atoms with Gasteiger partial charge in [0.15, 0.2) is 23.0 Å². The summed E-state index contributed by atoms with van der Waals surface area (Å²) < 4.78 is 77.8. The first-order chi connectivity index (χ1) is 33.3. The van der Waals surface area contributed by atoms with Crippen LogP contribution in [0.4, 0.5) is 0 Å². The van der Waals surface area contributed by atoms with Crippen LogP contribution in [0.25, 0.3) is 0 Å². The van der Waals surface area contributed by atoms with Gasteiger partial charge in [0.05, 0.1) is 33.6 Å². The van der Waals surface area contributed by atoms with Gasteiger partial charge in [0.2, 0.25) is 25.4 Å². The molecule has 6 aromatic rings. The summed E-state index contributed by atoms with van der Waals surface area (Å²) in [6.07, 6.45) is 0.251. The zero-order valence-electron chi connectivity index (χ0n) is 40.4. The van der Waals surface area contributed by atoms with Crippen molar-refractivity contribution in [3.63, 3.8) is 0 Å². The van der Waals surface area contributed by atoms with Crippen molar-refractivity contribution in [1.29, 1.82) is 0 Å². The topological polar surface area (TPSA) is 244 Å². The summed E-state index contributed by atoms with van der Waals surface area (Å²) >= 11 is 0. The average molecular weight is 1070 g/mol. The van der Waals surface area contributed by atoms with Gasteiger partial charge in [-0.05, 0) is 118 Å². The van der Waals surface area contributed by atoms with Gasteiger partial charge in [-0.25, -0.2) is 26.3 Å². The Morgan fingerprint density at radius 3 is 1.07 bits per heavy atom. The Balaban J connectivity index is 0.000000260. The molecule has 0 spiro atoms. The van der Waals surface area contributed by atoms with Gasteiger partial charge >= 0.3 is 103 Å². The number of rotatable bonds is 16. The Morgan fingerprint density at radius 2 is 0.764 bits per heavy atom. The molecule has 0 bridgehead atoms. The van der Waals surface area contributed by atoms with E-state index in [1.807, 2.05) is 27.7 Å². The number of sulfonamides is 2. The fourth-order valence-electron chi connectivity index (χ4n) is 7.60. The van der Waals surface area contributed by atoms with E-state index in [2.05, 4.69) is 9.44 Å². The minimum Gasteiger partial charge on any atom is -0.545 e. The number of aromatic carboxylic acids is 2. The Morgan fingerprint density at radius 1 is 0.458 bits per heavy atom. The summed E-state index contributed by atoms with van der Waals surface area (Å²) in [5, 5.41) is 22.1. The summed E-state index contributed by atoms with van der Waals surface area (Å²) in [6, 6.07) is 34.5. The maximum atomic E-state index is 13.3. The maximum Gasteiger partial charge on any atom is 1.00 e. The van der Waals surface area contributed by atoms with Gasteiger partial charge in [-0.3, -0.25) is 9.59 Å². The normalized spacial score (nSPS) is 13.1. The van der Waals surface area contributed by atoms with E-state index in [4.69, 9.17) is 18.9 Å². The Hall–Kier alpha value is -4.43. The van der Waals surface area contributed by atoms with Crippen molar-refractivity contribution in [2.75, 3.05) is 13.6 Å². The number of nitrogens with one attached hydrogen (secondary N) is 2. The minimum absolute atomic E-state index is 0. The summed E-state index contributed by atoms with van der Waals surface area (Å²) in [5.74, 6) is -3.41. The molecule has 0 saturated heterocycles. The number of carboxylic acid groups (broad SMARTS) is 2. The predicted octanol–water partition coefficient (Wildman–Crippen LogP) is -0.525. The Bertz CT molecular complexity index is 2920. The molecule has 364 valence electrons. The number of carbonyl (C=O) groups is 4. The quantitative estimate of drug-likeness (QED) is 0.116. The summed E-state index contributed by atoms with van der Waals surface area (Å²) in [7, 11) is -8.24. The van der Waals surface area contributed by atoms with E-state index in [0.717, 1.165) is 11.1 Å². The SMILES string of the molecule is CC(C)c1ccc(S(=O)(=O)NC(=O)C(Cc2ccc(C(=O)[O-])cc2)c2ccc3c(c2)OCO3)cc1.CC(C)c1ccc(S(=O)(=O)NC(=O)C(Cc2ccc(C(=O)[O-])cc2)c2ccc3c(c2)OCO3)cc1.[K+].[K+]. The van der Waals surface area contributed by atoms with E-state index >= 15 is 0 Å². The van der Waals surface area contributed by atoms with E-state index in [9.17, 15) is 46.2 Å². The van der Waals surface area contributed by atoms with E-state index in [0.29, 0.717) is 45.3 Å². The fourth-order valence-corrected chi connectivity index (χ4v) is 9.64. The summed E-state index contributed by atoms with van der Waals surface area (Å²) in [6.45, 7) is 8.12. The van der Waals surface area contributed by atoms with Crippen LogP contribution in [0.2, 0.25) is 0 Å². The van der Waals surface area contributed by atoms with Crippen molar-refractivity contribution < 1.29 is 168 Å². The van der Waals surface area contributed by atoms with E-state index < -0.39 is 55.6 Å². The number of carboxylic acids is 2. The van der Waals surface area contributed by atoms with Gasteiger partial charge in [0.25, 0.3) is 20.0 Å². The number of hydrogen-bond donors (Lipinski definition) is 2. The Labute approximate surface area is 503 Å². The monoisotopic (exact) mass is 1070 g/mol. The fraction of sp³-hybridized carbons (Fsp3) is 0.231. The Kier molecular flexibility index (Phi) is 20.9. The van der Waals surface area contributed by atoms with Crippen LogP contribution >= 0.6 is 0 Å². The molecular formula is C52H48K2N2O14S2. The molecule has 2 heterocycles. The minimum atomic E-state index is -4.12. The molecule has 20 heteroatoms. The molecule has 16 nitrogen and oxygen atoms in total. The summed E-state index contributed by atoms with van der Waals surface area (Å²) in [5.41, 5.74) is 4.32. The number of carbonyl (C=O) groups excluding carboxylic acids is 4. The van der Waals surface area contributed by atoms with Gasteiger partial charge in [0, 0.05) is 0 Å². The third kappa shape index (κ3) is 14.9. The second-order valence-corrected chi connectivity index (χ2v) is 20.5. The molecule has 2 amide bonds.